The number of benzene rings is 2. The van der Waals surface area contributed by atoms with Gasteiger partial charge in [0.25, 0.3) is 5.69 Å². The summed E-state index contributed by atoms with van der Waals surface area (Å²) in [4.78, 5) is 14.6. The van der Waals surface area contributed by atoms with E-state index in [0.29, 0.717) is 24.5 Å². The molecule has 0 atom stereocenters. The van der Waals surface area contributed by atoms with Crippen molar-refractivity contribution < 1.29 is 23.2 Å². The lowest BCUT2D eigenvalue weighted by molar-refractivity contribution is -0.384. The summed E-state index contributed by atoms with van der Waals surface area (Å²) in [5.74, 6) is -0.164. The topological polar surface area (TPSA) is 122 Å². The van der Waals surface area contributed by atoms with E-state index in [-0.39, 0.29) is 35.0 Å². The maximum atomic E-state index is 12.9. The van der Waals surface area contributed by atoms with Crippen LogP contribution in [0.2, 0.25) is 0 Å². The number of aliphatic imine (C=N–C) groups is 1. The van der Waals surface area contributed by atoms with Crippen molar-refractivity contribution in [3.8, 4) is 5.75 Å². The summed E-state index contributed by atoms with van der Waals surface area (Å²) in [6.45, 7) is 2.98. The lowest BCUT2D eigenvalue weighted by Crippen LogP contribution is -2.40. The molecule has 10 heteroatoms. The molecule has 0 saturated carbocycles. The highest BCUT2D eigenvalue weighted by Gasteiger charge is 2.27. The molecular weight excluding hydrogens is 386 g/mol. The van der Waals surface area contributed by atoms with Gasteiger partial charge in [0.2, 0.25) is 10.0 Å². The molecule has 9 nitrogen and oxygen atoms in total. The van der Waals surface area contributed by atoms with Crippen LogP contribution in [0, 0.1) is 17.0 Å². The lowest BCUT2D eigenvalue weighted by atomic mass is 10.2. The average molecular weight is 405 g/mol. The van der Waals surface area contributed by atoms with E-state index >= 15 is 0 Å². The minimum Gasteiger partial charge on any atom is -0.507 e. The maximum Gasteiger partial charge on any atom is 0.270 e. The van der Waals surface area contributed by atoms with Gasteiger partial charge in [0.15, 0.2) is 0 Å². The number of hydrogen-bond donors (Lipinski definition) is 1. The number of aromatic hydroxyl groups is 1. The Labute approximate surface area is 162 Å². The molecule has 1 fully saturated rings. The minimum atomic E-state index is -3.68. The van der Waals surface area contributed by atoms with Crippen LogP contribution < -0.4 is 0 Å². The van der Waals surface area contributed by atoms with Crippen LogP contribution in [0.15, 0.2) is 46.3 Å². The fourth-order valence-electron chi connectivity index (χ4n) is 2.78. The standard InChI is InChI=1S/C18H19N3O6S/c1-13-2-3-15(11-18(13)28(25,26)20-6-8-27-9-7-20)19-12-14-10-16(21(23)24)4-5-17(14)22/h2-5,10-12,22H,6-9H2,1H3. The first-order valence-corrected chi connectivity index (χ1v) is 9.93. The summed E-state index contributed by atoms with van der Waals surface area (Å²) in [5.41, 5.74) is 0.915. The number of morpholine rings is 1. The van der Waals surface area contributed by atoms with Gasteiger partial charge in [-0.05, 0) is 30.7 Å². The third-order valence-electron chi connectivity index (χ3n) is 4.33. The molecule has 0 amide bonds. The zero-order valence-corrected chi connectivity index (χ0v) is 15.9. The highest BCUT2D eigenvalue weighted by molar-refractivity contribution is 7.89. The van der Waals surface area contributed by atoms with E-state index in [1.807, 2.05) is 0 Å². The first-order valence-electron chi connectivity index (χ1n) is 8.49. The van der Waals surface area contributed by atoms with Crippen LogP contribution in [0.4, 0.5) is 11.4 Å². The number of non-ortho nitro benzene ring substituents is 1. The van der Waals surface area contributed by atoms with Gasteiger partial charge < -0.3 is 9.84 Å². The molecule has 1 N–H and O–H groups in total. The van der Waals surface area contributed by atoms with E-state index in [2.05, 4.69) is 4.99 Å². The monoisotopic (exact) mass is 405 g/mol. The van der Waals surface area contributed by atoms with Gasteiger partial charge in [0.1, 0.15) is 5.75 Å². The van der Waals surface area contributed by atoms with Crippen molar-refractivity contribution in [1.29, 1.82) is 0 Å². The van der Waals surface area contributed by atoms with Crippen molar-refractivity contribution >= 4 is 27.6 Å². The van der Waals surface area contributed by atoms with Gasteiger partial charge in [-0.1, -0.05) is 6.07 Å². The van der Waals surface area contributed by atoms with Crippen molar-refractivity contribution in [3.05, 3.63) is 57.6 Å². The average Bonchev–Trinajstić information content (AvgIpc) is 2.68. The Morgan fingerprint density at radius 1 is 1.21 bits per heavy atom. The molecule has 3 rings (SSSR count). The predicted molar refractivity (Wildman–Crippen MR) is 103 cm³/mol. The second-order valence-electron chi connectivity index (χ2n) is 6.22. The molecule has 1 heterocycles. The molecule has 1 aliphatic heterocycles. The molecule has 1 aliphatic rings. The number of nitro benzene ring substituents is 1. The van der Waals surface area contributed by atoms with E-state index in [1.54, 1.807) is 19.1 Å². The first kappa shape index (κ1) is 19.9. The Kier molecular flexibility index (Phi) is 5.73. The Bertz CT molecular complexity index is 1030. The van der Waals surface area contributed by atoms with Crippen molar-refractivity contribution in [1.82, 2.24) is 4.31 Å². The molecule has 2 aromatic rings. The van der Waals surface area contributed by atoms with Crippen LogP contribution in [-0.2, 0) is 14.8 Å². The van der Waals surface area contributed by atoms with Crippen LogP contribution in [0.25, 0.3) is 0 Å². The fraction of sp³-hybridized carbons (Fsp3) is 0.278. The number of nitrogens with zero attached hydrogens (tertiary/aromatic N) is 3. The summed E-state index contributed by atoms with van der Waals surface area (Å²) in [6.07, 6.45) is 1.26. The van der Waals surface area contributed by atoms with Crippen molar-refractivity contribution in [2.24, 2.45) is 4.99 Å². The quantitative estimate of drug-likeness (QED) is 0.463. The summed E-state index contributed by atoms with van der Waals surface area (Å²) in [5, 5.41) is 20.7. The zero-order valence-electron chi connectivity index (χ0n) is 15.1. The molecule has 2 aromatic carbocycles. The summed E-state index contributed by atoms with van der Waals surface area (Å²) in [7, 11) is -3.68. The van der Waals surface area contributed by atoms with Gasteiger partial charge in [0.05, 0.1) is 28.7 Å². The Balaban J connectivity index is 1.93. The molecular formula is C18H19N3O6S. The predicted octanol–water partition coefficient (Wildman–Crippen LogP) is 2.38. The molecule has 0 unspecified atom stereocenters. The van der Waals surface area contributed by atoms with Crippen LogP contribution >= 0.6 is 0 Å². The van der Waals surface area contributed by atoms with Crippen LogP contribution in [-0.4, -0.2) is 55.3 Å². The second-order valence-corrected chi connectivity index (χ2v) is 8.13. The minimum absolute atomic E-state index is 0.146. The lowest BCUT2D eigenvalue weighted by Gasteiger charge is -2.26. The summed E-state index contributed by atoms with van der Waals surface area (Å²) in [6, 6.07) is 8.32. The van der Waals surface area contributed by atoms with Crippen LogP contribution in [0.3, 0.4) is 0 Å². The molecule has 0 aromatic heterocycles. The normalized spacial score (nSPS) is 15.8. The van der Waals surface area contributed by atoms with E-state index in [4.69, 9.17) is 4.74 Å². The van der Waals surface area contributed by atoms with E-state index in [9.17, 15) is 23.6 Å². The number of aryl methyl sites for hydroxylation is 1. The van der Waals surface area contributed by atoms with Gasteiger partial charge >= 0.3 is 0 Å². The van der Waals surface area contributed by atoms with Gasteiger partial charge in [-0.2, -0.15) is 4.31 Å². The number of rotatable bonds is 5. The van der Waals surface area contributed by atoms with Gasteiger partial charge in [0, 0.05) is 37.0 Å². The number of phenols is 1. The highest BCUT2D eigenvalue weighted by Crippen LogP contribution is 2.27. The highest BCUT2D eigenvalue weighted by atomic mass is 32.2. The SMILES string of the molecule is Cc1ccc(N=Cc2cc([N+](=O)[O-])ccc2O)cc1S(=O)(=O)N1CCOCC1. The Hall–Kier alpha value is -2.82. The zero-order chi connectivity index (χ0) is 20.3. The molecule has 28 heavy (non-hydrogen) atoms. The maximum absolute atomic E-state index is 12.9. The van der Waals surface area contributed by atoms with Gasteiger partial charge in [-0.15, -0.1) is 0 Å². The van der Waals surface area contributed by atoms with Crippen molar-refractivity contribution in [2.45, 2.75) is 11.8 Å². The Morgan fingerprint density at radius 3 is 2.61 bits per heavy atom. The van der Waals surface area contributed by atoms with Gasteiger partial charge in [-0.25, -0.2) is 8.42 Å². The molecule has 0 radical (unpaired) electrons. The van der Waals surface area contributed by atoms with E-state index in [1.165, 1.54) is 34.8 Å². The first-order chi connectivity index (χ1) is 13.3. The smallest absolute Gasteiger partial charge is 0.270 e. The van der Waals surface area contributed by atoms with Crippen LogP contribution in [0.5, 0.6) is 5.75 Å². The van der Waals surface area contributed by atoms with Gasteiger partial charge in [-0.3, -0.25) is 15.1 Å². The molecule has 148 valence electrons. The van der Waals surface area contributed by atoms with Crippen LogP contribution in [0.1, 0.15) is 11.1 Å². The third kappa shape index (κ3) is 4.19. The fourth-order valence-corrected chi connectivity index (χ4v) is 4.43. The van der Waals surface area contributed by atoms with E-state index in [0.717, 1.165) is 0 Å². The molecule has 0 spiro atoms. The van der Waals surface area contributed by atoms with Crippen molar-refractivity contribution in [2.75, 3.05) is 26.3 Å². The summed E-state index contributed by atoms with van der Waals surface area (Å²) >= 11 is 0. The number of ether oxygens (including phenoxy) is 1. The Morgan fingerprint density at radius 2 is 1.93 bits per heavy atom. The third-order valence-corrected chi connectivity index (χ3v) is 6.37. The summed E-state index contributed by atoms with van der Waals surface area (Å²) < 4.78 is 32.4. The largest absolute Gasteiger partial charge is 0.507 e. The second kappa shape index (κ2) is 8.05. The number of phenolic OH excluding ortho intramolecular Hbond substituents is 1. The number of hydrogen-bond acceptors (Lipinski definition) is 7. The van der Waals surface area contributed by atoms with Crippen molar-refractivity contribution in [3.63, 3.8) is 0 Å². The molecule has 0 bridgehead atoms. The molecule has 0 aliphatic carbocycles. The number of sulfonamides is 1. The number of nitro groups is 1. The molecule has 1 saturated heterocycles. The van der Waals surface area contributed by atoms with E-state index < -0.39 is 14.9 Å².